The van der Waals surface area contributed by atoms with E-state index in [0.29, 0.717) is 23.6 Å². The Balaban J connectivity index is 2.13. The van der Waals surface area contributed by atoms with Gasteiger partial charge in [0.2, 0.25) is 0 Å². The van der Waals surface area contributed by atoms with E-state index in [-0.39, 0.29) is 21.9 Å². The Labute approximate surface area is 178 Å². The number of likely N-dealkylation sites (tertiary alicyclic amines) is 1. The number of carbonyl (C=O) groups excluding carboxylic acids is 2. The number of hydrogen-bond acceptors (Lipinski definition) is 3. The fraction of sp³-hybridized carbons (Fsp3) is 0.273. The lowest BCUT2D eigenvalue weighted by Gasteiger charge is -2.25. The second kappa shape index (κ2) is 8.97. The van der Waals surface area contributed by atoms with Crippen LogP contribution in [-0.4, -0.2) is 28.2 Å². The van der Waals surface area contributed by atoms with Gasteiger partial charge in [0.15, 0.2) is 0 Å². The van der Waals surface area contributed by atoms with Crippen LogP contribution in [0.15, 0.2) is 48.0 Å². The number of hydrogen-bond donors (Lipinski definition) is 1. The summed E-state index contributed by atoms with van der Waals surface area (Å²) in [7, 11) is 0. The number of benzene rings is 2. The zero-order chi connectivity index (χ0) is 21.1. The number of aliphatic hydroxyl groups excluding tert-OH is 1. The van der Waals surface area contributed by atoms with Gasteiger partial charge in [-0.15, -0.1) is 0 Å². The molecule has 0 bridgehead atoms. The predicted molar refractivity (Wildman–Crippen MR) is 111 cm³/mol. The van der Waals surface area contributed by atoms with Crippen LogP contribution in [0.4, 0.5) is 4.39 Å². The summed E-state index contributed by atoms with van der Waals surface area (Å²) in [5, 5.41) is 11.4. The van der Waals surface area contributed by atoms with E-state index in [4.69, 9.17) is 23.2 Å². The molecule has 1 fully saturated rings. The van der Waals surface area contributed by atoms with Gasteiger partial charge in [0.25, 0.3) is 11.7 Å². The minimum atomic E-state index is -0.804. The maximum Gasteiger partial charge on any atom is 0.295 e. The topological polar surface area (TPSA) is 57.6 Å². The second-order valence-electron chi connectivity index (χ2n) is 6.88. The minimum Gasteiger partial charge on any atom is -0.507 e. The molecular weight excluding hydrogens is 416 g/mol. The van der Waals surface area contributed by atoms with Crippen molar-refractivity contribution in [2.75, 3.05) is 6.54 Å². The normalized spacial score (nSPS) is 18.5. The van der Waals surface area contributed by atoms with Gasteiger partial charge in [0, 0.05) is 12.1 Å². The Morgan fingerprint density at radius 1 is 1.07 bits per heavy atom. The maximum atomic E-state index is 13.4. The van der Waals surface area contributed by atoms with Crippen molar-refractivity contribution in [1.82, 2.24) is 4.90 Å². The molecule has 2 aromatic rings. The Hall–Kier alpha value is -2.37. The molecule has 0 saturated carbocycles. The summed E-state index contributed by atoms with van der Waals surface area (Å²) in [5.74, 6) is -2.23. The summed E-state index contributed by atoms with van der Waals surface area (Å²) in [5.41, 5.74) is 0.776. The van der Waals surface area contributed by atoms with Crippen LogP contribution in [0.5, 0.6) is 0 Å². The number of unbranched alkanes of at least 4 members (excludes halogenated alkanes) is 2. The summed E-state index contributed by atoms with van der Waals surface area (Å²) in [6.07, 6.45) is 2.56. The molecule has 1 saturated heterocycles. The van der Waals surface area contributed by atoms with Crippen molar-refractivity contribution in [3.8, 4) is 0 Å². The van der Waals surface area contributed by atoms with E-state index in [9.17, 15) is 19.1 Å². The van der Waals surface area contributed by atoms with Crippen molar-refractivity contribution in [2.24, 2.45) is 0 Å². The van der Waals surface area contributed by atoms with Crippen LogP contribution in [0, 0.1) is 5.82 Å². The molecule has 2 aromatic carbocycles. The Morgan fingerprint density at radius 2 is 1.76 bits per heavy atom. The average Bonchev–Trinajstić information content (AvgIpc) is 2.95. The number of carbonyl (C=O) groups is 2. The average molecular weight is 436 g/mol. The monoisotopic (exact) mass is 435 g/mol. The van der Waals surface area contributed by atoms with Crippen LogP contribution in [0.25, 0.3) is 5.76 Å². The Morgan fingerprint density at radius 3 is 2.38 bits per heavy atom. The molecule has 1 amide bonds. The lowest BCUT2D eigenvalue weighted by molar-refractivity contribution is -0.139. The first-order valence-electron chi connectivity index (χ1n) is 9.34. The molecular formula is C22H20Cl2FNO3. The molecule has 0 aromatic heterocycles. The van der Waals surface area contributed by atoms with Crippen molar-refractivity contribution < 1.29 is 19.1 Å². The molecule has 1 unspecified atom stereocenters. The van der Waals surface area contributed by atoms with E-state index >= 15 is 0 Å². The minimum absolute atomic E-state index is 0.0449. The van der Waals surface area contributed by atoms with Gasteiger partial charge in [0.1, 0.15) is 11.6 Å². The number of nitrogens with zero attached hydrogens (tertiary/aromatic N) is 1. The highest BCUT2D eigenvalue weighted by Crippen LogP contribution is 2.40. The number of ketones is 1. The number of halogens is 3. The number of amides is 1. The molecule has 1 aliphatic heterocycles. The molecule has 4 nitrogen and oxygen atoms in total. The van der Waals surface area contributed by atoms with Gasteiger partial charge in [-0.1, -0.05) is 55.1 Å². The van der Waals surface area contributed by atoms with E-state index in [2.05, 4.69) is 0 Å². The van der Waals surface area contributed by atoms with Crippen LogP contribution in [0.2, 0.25) is 10.0 Å². The lowest BCUT2D eigenvalue weighted by atomic mass is 9.95. The standard InChI is InChI=1S/C22H20Cl2FNO3/c1-2-3-4-11-26-19(13-5-8-15(25)9-6-13)18(21(28)22(26)29)20(27)14-7-10-16(23)17(24)12-14/h5-10,12,19,27H,2-4,11H2,1H3/b20-18-. The van der Waals surface area contributed by atoms with Crippen molar-refractivity contribution in [3.05, 3.63) is 75.0 Å². The first-order chi connectivity index (χ1) is 13.8. The summed E-state index contributed by atoms with van der Waals surface area (Å²) in [6.45, 7) is 2.40. The number of aliphatic hydroxyl groups is 1. The van der Waals surface area contributed by atoms with E-state index in [1.54, 1.807) is 0 Å². The van der Waals surface area contributed by atoms with Crippen LogP contribution in [0.1, 0.15) is 43.4 Å². The van der Waals surface area contributed by atoms with Crippen molar-refractivity contribution in [2.45, 2.75) is 32.2 Å². The van der Waals surface area contributed by atoms with Crippen molar-refractivity contribution >= 4 is 40.7 Å². The molecule has 1 heterocycles. The molecule has 7 heteroatoms. The third-order valence-electron chi connectivity index (χ3n) is 4.92. The summed E-state index contributed by atoms with van der Waals surface area (Å²) in [4.78, 5) is 27.0. The van der Waals surface area contributed by atoms with Gasteiger partial charge in [-0.05, 0) is 42.3 Å². The maximum absolute atomic E-state index is 13.4. The number of rotatable bonds is 6. The number of Topliss-reactive ketones (excluding diaryl/α,β-unsaturated/α-hetero) is 1. The van der Waals surface area contributed by atoms with E-state index in [1.165, 1.54) is 47.4 Å². The van der Waals surface area contributed by atoms with Gasteiger partial charge in [-0.25, -0.2) is 4.39 Å². The molecule has 1 atom stereocenters. The van der Waals surface area contributed by atoms with E-state index < -0.39 is 23.5 Å². The fourth-order valence-electron chi connectivity index (χ4n) is 3.43. The quantitative estimate of drug-likeness (QED) is 0.272. The summed E-state index contributed by atoms with van der Waals surface area (Å²) in [6, 6.07) is 9.22. The van der Waals surface area contributed by atoms with E-state index in [1.807, 2.05) is 6.92 Å². The summed E-state index contributed by atoms with van der Waals surface area (Å²) < 4.78 is 13.4. The summed E-state index contributed by atoms with van der Waals surface area (Å²) >= 11 is 12.0. The van der Waals surface area contributed by atoms with Crippen molar-refractivity contribution in [1.29, 1.82) is 0 Å². The Bertz CT molecular complexity index is 973. The first-order valence-corrected chi connectivity index (χ1v) is 10.1. The van der Waals surface area contributed by atoms with Crippen molar-refractivity contribution in [3.63, 3.8) is 0 Å². The van der Waals surface area contributed by atoms with Crippen LogP contribution in [0.3, 0.4) is 0 Å². The SMILES string of the molecule is CCCCCN1C(=O)C(=O)/C(=C(\O)c2ccc(Cl)c(Cl)c2)C1c1ccc(F)cc1. The van der Waals surface area contributed by atoms with Crippen LogP contribution >= 0.6 is 23.2 Å². The van der Waals surface area contributed by atoms with Crippen LogP contribution in [-0.2, 0) is 9.59 Å². The highest BCUT2D eigenvalue weighted by Gasteiger charge is 2.45. The molecule has 0 spiro atoms. The fourth-order valence-corrected chi connectivity index (χ4v) is 3.73. The van der Waals surface area contributed by atoms with Gasteiger partial charge < -0.3 is 10.0 Å². The van der Waals surface area contributed by atoms with Gasteiger partial charge >= 0.3 is 0 Å². The Kier molecular flexibility index (Phi) is 6.60. The smallest absolute Gasteiger partial charge is 0.295 e. The first kappa shape index (κ1) is 21.3. The molecule has 0 aliphatic carbocycles. The molecule has 1 N–H and O–H groups in total. The van der Waals surface area contributed by atoms with E-state index in [0.717, 1.165) is 12.8 Å². The van der Waals surface area contributed by atoms with Crippen LogP contribution < -0.4 is 0 Å². The lowest BCUT2D eigenvalue weighted by Crippen LogP contribution is -2.30. The molecule has 1 aliphatic rings. The molecule has 29 heavy (non-hydrogen) atoms. The highest BCUT2D eigenvalue weighted by molar-refractivity contribution is 6.46. The highest BCUT2D eigenvalue weighted by atomic mass is 35.5. The predicted octanol–water partition coefficient (Wildman–Crippen LogP) is 5.74. The second-order valence-corrected chi connectivity index (χ2v) is 7.69. The van der Waals surface area contributed by atoms with Gasteiger partial charge in [-0.2, -0.15) is 0 Å². The largest absolute Gasteiger partial charge is 0.507 e. The molecule has 3 rings (SSSR count). The molecule has 0 radical (unpaired) electrons. The van der Waals surface area contributed by atoms with Gasteiger partial charge in [-0.3, -0.25) is 9.59 Å². The third-order valence-corrected chi connectivity index (χ3v) is 5.66. The zero-order valence-corrected chi connectivity index (χ0v) is 17.3. The molecule has 152 valence electrons. The zero-order valence-electron chi connectivity index (χ0n) is 15.8. The van der Waals surface area contributed by atoms with Gasteiger partial charge in [0.05, 0.1) is 21.7 Å². The third kappa shape index (κ3) is 4.31.